The molecule has 0 unspecified atom stereocenters. The predicted molar refractivity (Wildman–Crippen MR) is 132 cm³/mol. The summed E-state index contributed by atoms with van der Waals surface area (Å²) in [6, 6.07) is 0. The summed E-state index contributed by atoms with van der Waals surface area (Å²) < 4.78 is 0. The molecular formula is C30H48O2. The van der Waals surface area contributed by atoms with Gasteiger partial charge < -0.3 is 10.2 Å². The predicted octanol–water partition coefficient (Wildman–Crippen LogP) is 7.06. The van der Waals surface area contributed by atoms with Gasteiger partial charge in [0.05, 0.1) is 12.2 Å². The molecule has 5 rings (SSSR count). The molecule has 2 nitrogen and oxygen atoms in total. The van der Waals surface area contributed by atoms with E-state index >= 15 is 0 Å². The van der Waals surface area contributed by atoms with Crippen molar-refractivity contribution in [1.29, 1.82) is 0 Å². The number of aliphatic hydroxyl groups excluding tert-OH is 2. The third kappa shape index (κ3) is 2.66. The normalized spacial score (nSPS) is 53.7. The second kappa shape index (κ2) is 6.54. The highest BCUT2D eigenvalue weighted by Gasteiger charge is 2.67. The minimum atomic E-state index is -0.470. The highest BCUT2D eigenvalue weighted by Crippen LogP contribution is 2.74. The first-order valence-electron chi connectivity index (χ1n) is 13.4. The molecule has 0 aliphatic heterocycles. The van der Waals surface area contributed by atoms with Crippen LogP contribution in [0.3, 0.4) is 0 Å². The average molecular weight is 441 g/mol. The van der Waals surface area contributed by atoms with E-state index in [4.69, 9.17) is 0 Å². The fourth-order valence-electron chi connectivity index (χ4n) is 9.75. The Labute approximate surface area is 197 Å². The van der Waals surface area contributed by atoms with Crippen molar-refractivity contribution >= 4 is 0 Å². The molecule has 0 radical (unpaired) electrons. The van der Waals surface area contributed by atoms with E-state index in [0.717, 1.165) is 6.42 Å². The van der Waals surface area contributed by atoms with Crippen LogP contribution in [0.1, 0.15) is 107 Å². The molecule has 4 saturated carbocycles. The first kappa shape index (κ1) is 23.2. The van der Waals surface area contributed by atoms with Crippen molar-refractivity contribution in [1.82, 2.24) is 0 Å². The maximum atomic E-state index is 11.5. The lowest BCUT2D eigenvalue weighted by Crippen LogP contribution is -2.64. The fraction of sp³-hybridized carbons (Fsp3) is 0.867. The zero-order valence-electron chi connectivity index (χ0n) is 22.0. The van der Waals surface area contributed by atoms with E-state index in [-0.39, 0.29) is 21.7 Å². The number of rotatable bonds is 0. The second-order valence-electron chi connectivity index (χ2n) is 14.9. The van der Waals surface area contributed by atoms with Gasteiger partial charge in [-0.2, -0.15) is 0 Å². The van der Waals surface area contributed by atoms with Gasteiger partial charge in [0.2, 0.25) is 0 Å². The molecule has 0 saturated heterocycles. The molecule has 32 heavy (non-hydrogen) atoms. The highest BCUT2D eigenvalue weighted by molar-refractivity contribution is 5.46. The van der Waals surface area contributed by atoms with Crippen molar-refractivity contribution in [2.45, 2.75) is 119 Å². The number of hydrogen-bond acceptors (Lipinski definition) is 2. The Hall–Kier alpha value is -0.600. The molecule has 5 aliphatic carbocycles. The summed E-state index contributed by atoms with van der Waals surface area (Å²) in [4.78, 5) is 0. The minimum Gasteiger partial charge on any atom is -0.392 e. The van der Waals surface area contributed by atoms with E-state index in [9.17, 15) is 10.2 Å². The van der Waals surface area contributed by atoms with E-state index < -0.39 is 12.2 Å². The van der Waals surface area contributed by atoms with Crippen LogP contribution in [0.5, 0.6) is 0 Å². The smallest absolute Gasteiger partial charge is 0.0658 e. The molecule has 8 atom stereocenters. The van der Waals surface area contributed by atoms with Gasteiger partial charge in [-0.05, 0) is 83.9 Å². The third-order valence-corrected chi connectivity index (χ3v) is 12.6. The highest BCUT2D eigenvalue weighted by atomic mass is 16.3. The van der Waals surface area contributed by atoms with Crippen molar-refractivity contribution in [3.8, 4) is 0 Å². The van der Waals surface area contributed by atoms with Gasteiger partial charge in [0.15, 0.2) is 0 Å². The fourth-order valence-corrected chi connectivity index (χ4v) is 9.75. The van der Waals surface area contributed by atoms with Crippen molar-refractivity contribution in [3.63, 3.8) is 0 Å². The summed E-state index contributed by atoms with van der Waals surface area (Å²) in [7, 11) is 0. The molecule has 5 aliphatic rings. The van der Waals surface area contributed by atoms with Crippen LogP contribution in [0.4, 0.5) is 0 Å². The molecule has 0 spiro atoms. The lowest BCUT2D eigenvalue weighted by atomic mass is 9.36. The monoisotopic (exact) mass is 440 g/mol. The molecule has 0 aromatic heterocycles. The van der Waals surface area contributed by atoms with Gasteiger partial charge in [-0.3, -0.25) is 0 Å². The molecule has 180 valence electrons. The van der Waals surface area contributed by atoms with E-state index in [2.05, 4.69) is 67.5 Å². The average Bonchev–Trinajstić information content (AvgIpc) is 2.68. The molecule has 0 bridgehead atoms. The number of hydrogen-bond donors (Lipinski definition) is 2. The zero-order valence-corrected chi connectivity index (χ0v) is 22.0. The topological polar surface area (TPSA) is 40.5 Å². The lowest BCUT2D eigenvalue weighted by molar-refractivity contribution is -0.175. The largest absolute Gasteiger partial charge is 0.392 e. The summed E-state index contributed by atoms with van der Waals surface area (Å²) in [6.07, 6.45) is 13.5. The van der Waals surface area contributed by atoms with Crippen LogP contribution in [0, 0.1) is 44.3 Å². The molecule has 0 heterocycles. The van der Waals surface area contributed by atoms with Crippen molar-refractivity contribution < 1.29 is 10.2 Å². The lowest BCUT2D eigenvalue weighted by Gasteiger charge is -2.69. The van der Waals surface area contributed by atoms with Crippen molar-refractivity contribution in [3.05, 3.63) is 23.3 Å². The Kier molecular flexibility index (Phi) is 4.73. The first-order valence-corrected chi connectivity index (χ1v) is 13.4. The summed E-state index contributed by atoms with van der Waals surface area (Å²) in [5.74, 6) is 0.994. The van der Waals surface area contributed by atoms with Gasteiger partial charge >= 0.3 is 0 Å². The summed E-state index contributed by atoms with van der Waals surface area (Å²) in [5, 5.41) is 22.3. The third-order valence-electron chi connectivity index (χ3n) is 12.6. The van der Waals surface area contributed by atoms with Gasteiger partial charge in [0.1, 0.15) is 0 Å². The summed E-state index contributed by atoms with van der Waals surface area (Å²) >= 11 is 0. The number of fused-ring (bicyclic) bond motifs is 7. The summed E-state index contributed by atoms with van der Waals surface area (Å²) in [5.41, 5.74) is 3.91. The SMILES string of the molecule is CC1(C)CC[C@]2(C)CC[C@]3(C)C(=CC=C4[C@@]5(C)[C@@H](O)C[C@@H](O)C(C)(C)[C@@H]5CC[C@]43C)[C@@H]2C1. The quantitative estimate of drug-likeness (QED) is 0.423. The Balaban J connectivity index is 1.65. The van der Waals surface area contributed by atoms with Crippen LogP contribution in [0.2, 0.25) is 0 Å². The Morgan fingerprint density at radius 3 is 2.09 bits per heavy atom. The Bertz CT molecular complexity index is 879. The van der Waals surface area contributed by atoms with E-state index in [1.165, 1.54) is 44.1 Å². The van der Waals surface area contributed by atoms with Crippen LogP contribution in [0.15, 0.2) is 23.3 Å². The van der Waals surface area contributed by atoms with E-state index in [1.807, 2.05) is 0 Å². The number of allylic oxidation sites excluding steroid dienone is 3. The van der Waals surface area contributed by atoms with Gasteiger partial charge in [0, 0.05) is 11.8 Å². The first-order chi connectivity index (χ1) is 14.6. The van der Waals surface area contributed by atoms with Crippen LogP contribution in [-0.2, 0) is 0 Å². The van der Waals surface area contributed by atoms with Crippen LogP contribution in [0.25, 0.3) is 0 Å². The van der Waals surface area contributed by atoms with E-state index in [1.54, 1.807) is 5.57 Å². The van der Waals surface area contributed by atoms with Crippen LogP contribution >= 0.6 is 0 Å². The Morgan fingerprint density at radius 2 is 1.41 bits per heavy atom. The van der Waals surface area contributed by atoms with E-state index in [0.29, 0.717) is 29.1 Å². The molecule has 4 fully saturated rings. The van der Waals surface area contributed by atoms with Crippen molar-refractivity contribution in [2.75, 3.05) is 0 Å². The Morgan fingerprint density at radius 1 is 0.750 bits per heavy atom. The molecule has 2 N–H and O–H groups in total. The van der Waals surface area contributed by atoms with Crippen LogP contribution < -0.4 is 0 Å². The van der Waals surface area contributed by atoms with Gasteiger partial charge in [0.25, 0.3) is 0 Å². The molecular weight excluding hydrogens is 392 g/mol. The minimum absolute atomic E-state index is 0.0879. The molecule has 0 amide bonds. The van der Waals surface area contributed by atoms with Crippen LogP contribution in [-0.4, -0.2) is 22.4 Å². The number of aliphatic hydroxyl groups is 2. The zero-order chi connectivity index (χ0) is 23.5. The standard InChI is InChI=1S/C30H48O2/c1-25(2)13-14-27(5)15-16-28(6)19(20(27)18-25)9-10-22-29(28,7)12-11-21-26(3,4)23(31)17-24(32)30(21,22)8/h9-10,20-21,23-24,31-32H,11-18H2,1-8H3/t20-,21-,23+,24-,27+,28+,29+,30-/m0/s1. The molecule has 0 aromatic carbocycles. The van der Waals surface area contributed by atoms with Gasteiger partial charge in [-0.15, -0.1) is 0 Å². The maximum absolute atomic E-state index is 11.5. The van der Waals surface area contributed by atoms with Crippen molar-refractivity contribution in [2.24, 2.45) is 44.3 Å². The van der Waals surface area contributed by atoms with Gasteiger partial charge in [-0.1, -0.05) is 78.7 Å². The molecule has 0 aromatic rings. The summed E-state index contributed by atoms with van der Waals surface area (Å²) in [6.45, 7) is 19.4. The maximum Gasteiger partial charge on any atom is 0.0658 e. The second-order valence-corrected chi connectivity index (χ2v) is 14.9. The molecule has 2 heteroatoms. The van der Waals surface area contributed by atoms with Gasteiger partial charge in [-0.25, -0.2) is 0 Å².